The molecule has 0 aromatic carbocycles. The van der Waals surface area contributed by atoms with Crippen LogP contribution >= 0.6 is 0 Å². The Bertz CT molecular complexity index is 1050. The third-order valence-corrected chi connectivity index (χ3v) is 50.0. The van der Waals surface area contributed by atoms with E-state index in [0.717, 1.165) is 0 Å². The Morgan fingerprint density at radius 2 is 0.720 bits per heavy atom. The third-order valence-electron chi connectivity index (χ3n) is 15.2. The fourth-order valence-corrected chi connectivity index (χ4v) is 52.1. The van der Waals surface area contributed by atoms with Crippen molar-refractivity contribution in [3.63, 3.8) is 0 Å². The van der Waals surface area contributed by atoms with Crippen molar-refractivity contribution in [2.75, 3.05) is 0 Å². The monoisotopic (exact) mass is 903 g/mol. The molecular weight excluding hydrogens is 832 g/mol. The van der Waals surface area contributed by atoms with E-state index in [2.05, 4.69) is 0 Å². The molecule has 5 nitrogen and oxygen atoms in total. The van der Waals surface area contributed by atoms with E-state index in [1.54, 1.807) is 6.20 Å². The molecule has 1 aromatic rings. The molecule has 0 unspecified atom stereocenters. The summed E-state index contributed by atoms with van der Waals surface area (Å²) in [6, 6.07) is 3.75. The van der Waals surface area contributed by atoms with E-state index >= 15 is 0 Å². The zero-order valence-electron chi connectivity index (χ0n) is 31.5. The number of hydrogen-bond donors (Lipinski definition) is 0. The van der Waals surface area contributed by atoms with Crippen molar-refractivity contribution in [3.8, 4) is 0 Å². The Morgan fingerprint density at radius 1 is 0.440 bits per heavy atom. The van der Waals surface area contributed by atoms with Crippen LogP contribution in [0.15, 0.2) is 18.3 Å². The minimum atomic E-state index is -3.63. The maximum absolute atomic E-state index is 15.0. The Hall–Kier alpha value is -0.313. The summed E-state index contributed by atoms with van der Waals surface area (Å²) in [5, 5.41) is 0. The fourth-order valence-electron chi connectivity index (χ4n) is 13.0. The van der Waals surface area contributed by atoms with Gasteiger partial charge in [0.25, 0.3) is 0 Å². The van der Waals surface area contributed by atoms with Gasteiger partial charge in [0, 0.05) is 0 Å². The van der Waals surface area contributed by atoms with Gasteiger partial charge in [0.2, 0.25) is 0 Å². The summed E-state index contributed by atoms with van der Waals surface area (Å²) in [4.78, 5) is 34.7. The number of carbonyl (C=O) groups excluding carboxylic acids is 2. The zero-order valence-corrected chi connectivity index (χ0v) is 37.2. The van der Waals surface area contributed by atoms with Gasteiger partial charge in [0.1, 0.15) is 0 Å². The van der Waals surface area contributed by atoms with E-state index in [4.69, 9.17) is 11.1 Å². The molecule has 6 aliphatic carbocycles. The van der Waals surface area contributed by atoms with Crippen LogP contribution in [-0.4, -0.2) is 54.5 Å². The number of rotatable bonds is 10. The van der Waals surface area contributed by atoms with Crippen LogP contribution in [0.5, 0.6) is 0 Å². The van der Waals surface area contributed by atoms with Crippen molar-refractivity contribution in [2.45, 2.75) is 216 Å². The van der Waals surface area contributed by atoms with E-state index in [0.29, 0.717) is 29.2 Å². The first-order chi connectivity index (χ1) is 24.6. The number of carbonyl (C=O) groups is 2. The SMILES string of the molecule is O=C([O][Sn]([CH]1CCCCC1)([CH]1CCCCC1)[CH]1CCCCC1)c1cccnc1C(=O)[O][Sn]([CH]1CCCCC1)([CH]1CCCCC1)[CH]1CCCCC1. The first-order valence-electron chi connectivity index (χ1n) is 22.0. The molecule has 1 aromatic heterocycles. The van der Waals surface area contributed by atoms with Gasteiger partial charge in [-0.3, -0.25) is 0 Å². The summed E-state index contributed by atoms with van der Waals surface area (Å²) in [5.74, 6) is -0.444. The second-order valence-corrected chi connectivity index (χ2v) is 42.8. The van der Waals surface area contributed by atoms with Gasteiger partial charge in [-0.1, -0.05) is 0 Å². The van der Waals surface area contributed by atoms with Gasteiger partial charge < -0.3 is 0 Å². The van der Waals surface area contributed by atoms with E-state index in [1.807, 2.05) is 12.1 Å². The van der Waals surface area contributed by atoms with Crippen molar-refractivity contribution in [1.82, 2.24) is 4.98 Å². The third kappa shape index (κ3) is 8.19. The summed E-state index contributed by atoms with van der Waals surface area (Å²) in [7, 11) is 0. The molecule has 0 saturated heterocycles. The minimum absolute atomic E-state index is 0.198. The van der Waals surface area contributed by atoms with Gasteiger partial charge in [-0.05, 0) is 0 Å². The van der Waals surface area contributed by atoms with Crippen molar-refractivity contribution < 1.29 is 15.7 Å². The molecule has 0 bridgehead atoms. The summed E-state index contributed by atoms with van der Waals surface area (Å²) >= 11 is -7.26. The maximum atomic E-state index is 15.0. The number of aromatic nitrogens is 1. The van der Waals surface area contributed by atoms with Crippen LogP contribution in [0.4, 0.5) is 0 Å². The van der Waals surface area contributed by atoms with Gasteiger partial charge in [-0.25, -0.2) is 0 Å². The van der Waals surface area contributed by atoms with Gasteiger partial charge >= 0.3 is 316 Å². The number of pyridine rings is 1. The Morgan fingerprint density at radius 3 is 1.02 bits per heavy atom. The Labute approximate surface area is 313 Å². The second kappa shape index (κ2) is 18.3. The molecule has 0 atom stereocenters. The van der Waals surface area contributed by atoms with E-state index in [9.17, 15) is 9.59 Å². The molecule has 0 radical (unpaired) electrons. The second-order valence-electron chi connectivity index (χ2n) is 17.9. The first-order valence-corrected chi connectivity index (χ1v) is 34.3. The van der Waals surface area contributed by atoms with Crippen molar-refractivity contribution in [2.24, 2.45) is 0 Å². The molecule has 0 spiro atoms. The van der Waals surface area contributed by atoms with Gasteiger partial charge in [-0.15, -0.1) is 0 Å². The first kappa shape index (κ1) is 38.0. The summed E-state index contributed by atoms with van der Waals surface area (Å²) in [5.41, 5.74) is 0.717. The molecule has 50 heavy (non-hydrogen) atoms. The van der Waals surface area contributed by atoms with Gasteiger partial charge in [0.15, 0.2) is 0 Å². The molecule has 0 aliphatic heterocycles. The molecule has 7 rings (SSSR count). The number of nitrogens with zero attached hydrogens (tertiary/aromatic N) is 1. The van der Waals surface area contributed by atoms with E-state index in [1.165, 1.54) is 193 Å². The normalized spacial score (nSPS) is 25.3. The van der Waals surface area contributed by atoms with Gasteiger partial charge in [0.05, 0.1) is 0 Å². The molecule has 6 aliphatic rings. The average molecular weight is 901 g/mol. The summed E-state index contributed by atoms with van der Waals surface area (Å²) < 4.78 is 18.7. The van der Waals surface area contributed by atoms with Crippen LogP contribution in [-0.2, 0) is 6.15 Å². The molecule has 1 heterocycles. The van der Waals surface area contributed by atoms with Crippen molar-refractivity contribution in [1.29, 1.82) is 0 Å². The zero-order chi connectivity index (χ0) is 34.2. The number of hydrogen-bond acceptors (Lipinski definition) is 5. The van der Waals surface area contributed by atoms with Crippen molar-refractivity contribution in [3.05, 3.63) is 29.6 Å². The molecule has 7 heteroatoms. The van der Waals surface area contributed by atoms with Crippen LogP contribution in [0.2, 0.25) is 23.6 Å². The Kier molecular flexibility index (Phi) is 13.9. The topological polar surface area (TPSA) is 65.5 Å². The fraction of sp³-hybridized carbons (Fsp3) is 0.837. The predicted octanol–water partition coefficient (Wildman–Crippen LogP) is 13.3. The van der Waals surface area contributed by atoms with Crippen molar-refractivity contribution >= 4 is 49.5 Å². The predicted molar refractivity (Wildman–Crippen MR) is 208 cm³/mol. The standard InChI is InChI=1S/C7H5NO4.6C6H11.2Sn/c9-6(10)4-2-1-3-8-5(4)7(11)12;6*1-2-4-6-5-3-1;;/h1-3H,(H,9,10)(H,11,12);6*1H,2-6H2;;/q;;;;;;;2*+1/p-2. The van der Waals surface area contributed by atoms with Crippen LogP contribution in [0.25, 0.3) is 0 Å². The quantitative estimate of drug-likeness (QED) is 0.219. The Balaban J connectivity index is 1.23. The summed E-state index contributed by atoms with van der Waals surface area (Å²) in [6.07, 6.45) is 40.4. The molecule has 278 valence electrons. The van der Waals surface area contributed by atoms with Crippen LogP contribution in [0.1, 0.15) is 213 Å². The average Bonchev–Trinajstić information content (AvgIpc) is 3.21. The van der Waals surface area contributed by atoms with Gasteiger partial charge in [-0.2, -0.15) is 0 Å². The summed E-state index contributed by atoms with van der Waals surface area (Å²) in [6.45, 7) is 0. The van der Waals surface area contributed by atoms with Crippen LogP contribution in [0, 0.1) is 0 Å². The van der Waals surface area contributed by atoms with E-state index in [-0.39, 0.29) is 17.6 Å². The molecule has 6 saturated carbocycles. The van der Waals surface area contributed by atoms with E-state index < -0.39 is 37.6 Å². The molecule has 0 amide bonds. The molecule has 6 fully saturated rings. The van der Waals surface area contributed by atoms with Crippen LogP contribution < -0.4 is 0 Å². The molecule has 0 N–H and O–H groups in total. The molecular formula is C43H69NO4Sn2. The van der Waals surface area contributed by atoms with Crippen LogP contribution in [0.3, 0.4) is 0 Å².